The van der Waals surface area contributed by atoms with E-state index >= 15 is 0 Å². The summed E-state index contributed by atoms with van der Waals surface area (Å²) in [7, 11) is 3.15. The third-order valence-electron chi connectivity index (χ3n) is 4.84. The van der Waals surface area contributed by atoms with Gasteiger partial charge in [-0.1, -0.05) is 18.2 Å². The van der Waals surface area contributed by atoms with Crippen LogP contribution in [0.4, 0.5) is 10.7 Å². The zero-order valence-corrected chi connectivity index (χ0v) is 18.9. The molecule has 2 aromatic carbocycles. The first kappa shape index (κ1) is 22.2. The van der Waals surface area contributed by atoms with E-state index in [1.54, 1.807) is 25.6 Å². The number of para-hydroxylation sites is 1. The van der Waals surface area contributed by atoms with Gasteiger partial charge in [0, 0.05) is 13.1 Å². The summed E-state index contributed by atoms with van der Waals surface area (Å²) >= 11 is 1.57. The van der Waals surface area contributed by atoms with Crippen LogP contribution >= 0.6 is 11.3 Å². The molecule has 0 aliphatic heterocycles. The van der Waals surface area contributed by atoms with Crippen LogP contribution in [0, 0.1) is 0 Å². The van der Waals surface area contributed by atoms with Crippen molar-refractivity contribution in [3.8, 4) is 22.8 Å². The Labute approximate surface area is 193 Å². The molecule has 10 nitrogen and oxygen atoms in total. The van der Waals surface area contributed by atoms with Crippen molar-refractivity contribution in [2.45, 2.75) is 6.54 Å². The highest BCUT2D eigenvalue weighted by molar-refractivity contribution is 7.18. The minimum absolute atomic E-state index is 0.186. The maximum Gasteiger partial charge on any atom is 0.404 e. The lowest BCUT2D eigenvalue weighted by Crippen LogP contribution is -2.35. The van der Waals surface area contributed by atoms with Gasteiger partial charge in [0.15, 0.2) is 0 Å². The molecular formula is C22H22N6O4S. The lowest BCUT2D eigenvalue weighted by Gasteiger charge is -2.21. The van der Waals surface area contributed by atoms with Gasteiger partial charge in [-0.2, -0.15) is 5.10 Å². The SMILES string of the molecule is COc1cccc(OC)c1-c1cnnc(N(CCNC(=O)O)Cc2nc3ccccc3s2)n1. The Morgan fingerprint density at radius 2 is 1.85 bits per heavy atom. The van der Waals surface area contributed by atoms with Crippen LogP contribution in [0.15, 0.2) is 48.7 Å². The van der Waals surface area contributed by atoms with Gasteiger partial charge >= 0.3 is 6.09 Å². The number of methoxy groups -OCH3 is 2. The number of ether oxygens (including phenoxy) is 2. The Bertz CT molecular complexity index is 1210. The van der Waals surface area contributed by atoms with E-state index in [1.165, 1.54) is 6.20 Å². The van der Waals surface area contributed by atoms with E-state index in [4.69, 9.17) is 19.6 Å². The number of rotatable bonds is 9. The smallest absolute Gasteiger partial charge is 0.404 e. The number of nitrogens with one attached hydrogen (secondary N) is 1. The summed E-state index contributed by atoms with van der Waals surface area (Å²) in [6.07, 6.45) is 0.441. The van der Waals surface area contributed by atoms with E-state index in [0.29, 0.717) is 41.8 Å². The van der Waals surface area contributed by atoms with Crippen LogP contribution in [0.3, 0.4) is 0 Å². The van der Waals surface area contributed by atoms with Gasteiger partial charge in [0.2, 0.25) is 5.95 Å². The molecule has 0 unspecified atom stereocenters. The third kappa shape index (κ3) is 5.09. The van der Waals surface area contributed by atoms with E-state index in [0.717, 1.165) is 15.2 Å². The summed E-state index contributed by atoms with van der Waals surface area (Å²) in [5.41, 5.74) is 2.09. The molecule has 4 aromatic rings. The molecule has 0 radical (unpaired) electrons. The normalized spacial score (nSPS) is 10.7. The number of fused-ring (bicyclic) bond motifs is 1. The van der Waals surface area contributed by atoms with Gasteiger partial charge in [-0.05, 0) is 24.3 Å². The Morgan fingerprint density at radius 1 is 1.09 bits per heavy atom. The zero-order valence-electron chi connectivity index (χ0n) is 18.1. The standard InChI is InChI=1S/C22H22N6O4S/c1-31-16-7-5-8-17(32-2)20(16)15-12-24-27-21(26-15)28(11-10-23-22(29)30)13-19-25-14-6-3-4-9-18(14)33-19/h3-9,12,23H,10-11,13H2,1-2H3,(H,29,30). The van der Waals surface area contributed by atoms with Gasteiger partial charge < -0.3 is 24.8 Å². The first-order chi connectivity index (χ1) is 16.1. The van der Waals surface area contributed by atoms with Crippen molar-refractivity contribution in [1.29, 1.82) is 0 Å². The lowest BCUT2D eigenvalue weighted by atomic mass is 10.1. The summed E-state index contributed by atoms with van der Waals surface area (Å²) < 4.78 is 12.1. The second kappa shape index (κ2) is 10.1. The molecule has 4 rings (SSSR count). The van der Waals surface area contributed by atoms with Crippen LogP contribution in [0.25, 0.3) is 21.5 Å². The van der Waals surface area contributed by atoms with Crippen molar-refractivity contribution in [3.05, 3.63) is 53.7 Å². The Morgan fingerprint density at radius 3 is 2.55 bits per heavy atom. The van der Waals surface area contributed by atoms with E-state index in [1.807, 2.05) is 47.4 Å². The molecule has 2 N–H and O–H groups in total. The molecule has 11 heteroatoms. The molecule has 1 amide bonds. The summed E-state index contributed by atoms with van der Waals surface area (Å²) in [5, 5.41) is 20.6. The van der Waals surface area contributed by atoms with Crippen molar-refractivity contribution in [1.82, 2.24) is 25.5 Å². The number of thiazole rings is 1. The number of nitrogens with zero attached hydrogens (tertiary/aromatic N) is 5. The molecular weight excluding hydrogens is 444 g/mol. The monoisotopic (exact) mass is 466 g/mol. The van der Waals surface area contributed by atoms with Gasteiger partial charge in [0.05, 0.1) is 42.7 Å². The predicted octanol–water partition coefficient (Wildman–Crippen LogP) is 3.44. The maximum atomic E-state index is 11.0. The minimum Gasteiger partial charge on any atom is -0.496 e. The Hall–Kier alpha value is -3.99. The highest BCUT2D eigenvalue weighted by Crippen LogP contribution is 2.37. The molecule has 0 saturated heterocycles. The van der Waals surface area contributed by atoms with Crippen LogP contribution in [0.5, 0.6) is 11.5 Å². The molecule has 0 saturated carbocycles. The number of hydrogen-bond donors (Lipinski definition) is 2. The van der Waals surface area contributed by atoms with E-state index in [2.05, 4.69) is 20.5 Å². The first-order valence-corrected chi connectivity index (χ1v) is 10.9. The van der Waals surface area contributed by atoms with E-state index < -0.39 is 6.09 Å². The highest BCUT2D eigenvalue weighted by atomic mass is 32.1. The molecule has 2 heterocycles. The summed E-state index contributed by atoms with van der Waals surface area (Å²) in [5.74, 6) is 1.52. The molecule has 0 spiro atoms. The van der Waals surface area contributed by atoms with Gasteiger partial charge in [0.1, 0.15) is 22.2 Å². The van der Waals surface area contributed by atoms with E-state index in [9.17, 15) is 4.79 Å². The van der Waals surface area contributed by atoms with Crippen molar-refractivity contribution in [2.75, 3.05) is 32.2 Å². The number of carbonyl (C=O) groups is 1. The largest absolute Gasteiger partial charge is 0.496 e. The number of carboxylic acid groups (broad SMARTS) is 1. The molecule has 33 heavy (non-hydrogen) atoms. The second-order valence-electron chi connectivity index (χ2n) is 6.91. The number of amides is 1. The summed E-state index contributed by atoms with van der Waals surface area (Å²) in [6.45, 7) is 0.914. The third-order valence-corrected chi connectivity index (χ3v) is 5.86. The molecule has 0 fully saturated rings. The van der Waals surface area contributed by atoms with Gasteiger partial charge in [-0.3, -0.25) is 0 Å². The Balaban J connectivity index is 1.69. The van der Waals surface area contributed by atoms with Gasteiger partial charge in [-0.25, -0.2) is 14.8 Å². The quantitative estimate of drug-likeness (QED) is 0.382. The van der Waals surface area contributed by atoms with E-state index in [-0.39, 0.29) is 6.54 Å². The molecule has 0 aliphatic carbocycles. The van der Waals surface area contributed by atoms with Crippen LogP contribution in [-0.4, -0.2) is 58.7 Å². The molecule has 170 valence electrons. The Kier molecular flexibility index (Phi) is 6.79. The van der Waals surface area contributed by atoms with Crippen LogP contribution in [0.2, 0.25) is 0 Å². The number of anilines is 1. The summed E-state index contributed by atoms with van der Waals surface area (Å²) in [4.78, 5) is 22.2. The maximum absolute atomic E-state index is 11.0. The van der Waals surface area contributed by atoms with Crippen LogP contribution in [-0.2, 0) is 6.54 Å². The molecule has 0 aliphatic rings. The zero-order chi connectivity index (χ0) is 23.2. The van der Waals surface area contributed by atoms with Gasteiger partial charge in [0.25, 0.3) is 0 Å². The fourth-order valence-electron chi connectivity index (χ4n) is 3.35. The number of benzene rings is 2. The fourth-order valence-corrected chi connectivity index (χ4v) is 4.33. The minimum atomic E-state index is -1.10. The molecule has 0 bridgehead atoms. The van der Waals surface area contributed by atoms with Crippen molar-refractivity contribution in [2.24, 2.45) is 0 Å². The van der Waals surface area contributed by atoms with Crippen LogP contribution < -0.4 is 19.7 Å². The number of hydrogen-bond acceptors (Lipinski definition) is 9. The lowest BCUT2D eigenvalue weighted by molar-refractivity contribution is 0.194. The van der Waals surface area contributed by atoms with Crippen molar-refractivity contribution < 1.29 is 19.4 Å². The summed E-state index contributed by atoms with van der Waals surface area (Å²) in [6, 6.07) is 13.3. The predicted molar refractivity (Wildman–Crippen MR) is 125 cm³/mol. The topological polar surface area (TPSA) is 123 Å². The van der Waals surface area contributed by atoms with Crippen molar-refractivity contribution in [3.63, 3.8) is 0 Å². The molecule has 2 aromatic heterocycles. The van der Waals surface area contributed by atoms with Crippen LogP contribution in [0.1, 0.15) is 5.01 Å². The van der Waals surface area contributed by atoms with Gasteiger partial charge in [-0.15, -0.1) is 16.4 Å². The second-order valence-corrected chi connectivity index (χ2v) is 8.02. The number of aromatic nitrogens is 4. The first-order valence-electron chi connectivity index (χ1n) is 10.1. The molecule has 0 atom stereocenters. The fraction of sp³-hybridized carbons (Fsp3) is 0.227. The highest BCUT2D eigenvalue weighted by Gasteiger charge is 2.19. The average molecular weight is 467 g/mol. The average Bonchev–Trinajstić information content (AvgIpc) is 3.25. The van der Waals surface area contributed by atoms with Crippen molar-refractivity contribution >= 4 is 33.6 Å².